The van der Waals surface area contributed by atoms with Crippen molar-refractivity contribution in [3.8, 4) is 0 Å². The number of carbonyl (C=O) groups excluding carboxylic acids is 1. The van der Waals surface area contributed by atoms with Gasteiger partial charge >= 0.3 is 0 Å². The summed E-state index contributed by atoms with van der Waals surface area (Å²) in [6.07, 6.45) is 1.95. The van der Waals surface area contributed by atoms with Crippen molar-refractivity contribution in [2.24, 2.45) is 0 Å². The first-order chi connectivity index (χ1) is 14.2. The number of hydrogen-bond acceptors (Lipinski definition) is 5. The molecule has 0 radical (unpaired) electrons. The monoisotopic (exact) mass is 455 g/mol. The zero-order valence-electron chi connectivity index (χ0n) is 16.6. The molecule has 0 aliphatic carbocycles. The molecule has 10 heteroatoms. The normalized spacial score (nSPS) is 16.9. The number of carbonyl (C=O) groups is 1. The smallest absolute Gasteiger partial charge is 0.246 e. The summed E-state index contributed by atoms with van der Waals surface area (Å²) < 4.78 is 53.9. The van der Waals surface area contributed by atoms with Crippen molar-refractivity contribution in [1.82, 2.24) is 9.21 Å². The fraction of sp³-hybridized carbons (Fsp3) is 0.350. The van der Waals surface area contributed by atoms with Crippen LogP contribution >= 0.6 is 11.8 Å². The quantitative estimate of drug-likeness (QED) is 0.678. The van der Waals surface area contributed by atoms with Crippen molar-refractivity contribution in [2.75, 3.05) is 37.8 Å². The summed E-state index contributed by atoms with van der Waals surface area (Å²) in [4.78, 5) is 14.8. The zero-order valence-corrected chi connectivity index (χ0v) is 18.3. The van der Waals surface area contributed by atoms with Crippen molar-refractivity contribution in [1.29, 1.82) is 0 Å². The molecule has 1 fully saturated rings. The van der Waals surface area contributed by atoms with Gasteiger partial charge in [0, 0.05) is 36.8 Å². The van der Waals surface area contributed by atoms with Gasteiger partial charge in [-0.05, 0) is 49.6 Å². The predicted octanol–water partition coefficient (Wildman–Crippen LogP) is 3.02. The molecular formula is C20H23F2N3O3S2. The lowest BCUT2D eigenvalue weighted by Gasteiger charge is -2.36. The Morgan fingerprint density at radius 2 is 1.80 bits per heavy atom. The summed E-state index contributed by atoms with van der Waals surface area (Å²) in [6.45, 7) is 2.52. The van der Waals surface area contributed by atoms with Crippen molar-refractivity contribution in [3.63, 3.8) is 0 Å². The van der Waals surface area contributed by atoms with Crippen LogP contribution in [0.25, 0.3) is 0 Å². The second-order valence-corrected chi connectivity index (χ2v) is 9.70. The summed E-state index contributed by atoms with van der Waals surface area (Å²) in [5.41, 5.74) is 0.696. The van der Waals surface area contributed by atoms with Gasteiger partial charge < -0.3 is 5.32 Å². The molecule has 1 amide bonds. The van der Waals surface area contributed by atoms with Crippen LogP contribution in [-0.4, -0.2) is 62.0 Å². The summed E-state index contributed by atoms with van der Waals surface area (Å²) in [5, 5.41) is 2.88. The van der Waals surface area contributed by atoms with Crippen molar-refractivity contribution < 1.29 is 22.0 Å². The molecule has 6 nitrogen and oxygen atoms in total. The first kappa shape index (κ1) is 22.7. The van der Waals surface area contributed by atoms with E-state index in [0.717, 1.165) is 21.3 Å². The van der Waals surface area contributed by atoms with Crippen molar-refractivity contribution in [2.45, 2.75) is 22.8 Å². The van der Waals surface area contributed by atoms with Gasteiger partial charge in [-0.3, -0.25) is 9.69 Å². The molecule has 30 heavy (non-hydrogen) atoms. The van der Waals surface area contributed by atoms with E-state index in [9.17, 15) is 22.0 Å². The van der Waals surface area contributed by atoms with Gasteiger partial charge in [-0.2, -0.15) is 4.31 Å². The largest absolute Gasteiger partial charge is 0.325 e. The molecule has 0 bridgehead atoms. The Hall–Kier alpha value is -2.01. The molecule has 1 unspecified atom stereocenters. The average Bonchev–Trinajstić information content (AvgIpc) is 2.75. The molecule has 1 atom stereocenters. The lowest BCUT2D eigenvalue weighted by molar-refractivity contribution is -0.121. The van der Waals surface area contributed by atoms with E-state index in [1.54, 1.807) is 18.7 Å². The second kappa shape index (κ2) is 9.42. The number of rotatable bonds is 6. The number of hydrogen-bond donors (Lipinski definition) is 1. The molecule has 1 aliphatic heterocycles. The average molecular weight is 456 g/mol. The number of benzene rings is 2. The Morgan fingerprint density at radius 1 is 1.10 bits per heavy atom. The van der Waals surface area contributed by atoms with E-state index in [1.165, 1.54) is 0 Å². The maximum atomic E-state index is 14.0. The number of sulfonamides is 1. The molecule has 1 heterocycles. The minimum absolute atomic E-state index is 0.0812. The third kappa shape index (κ3) is 5.00. The highest BCUT2D eigenvalue weighted by Gasteiger charge is 2.33. The maximum Gasteiger partial charge on any atom is 0.246 e. The highest BCUT2D eigenvalue weighted by Crippen LogP contribution is 2.23. The topological polar surface area (TPSA) is 69.7 Å². The van der Waals surface area contributed by atoms with E-state index in [4.69, 9.17) is 0 Å². The molecule has 1 saturated heterocycles. The first-order valence-corrected chi connectivity index (χ1v) is 12.0. The fourth-order valence-electron chi connectivity index (χ4n) is 3.26. The van der Waals surface area contributed by atoms with Gasteiger partial charge in [-0.1, -0.05) is 6.07 Å². The van der Waals surface area contributed by atoms with E-state index >= 15 is 0 Å². The Morgan fingerprint density at radius 3 is 2.47 bits per heavy atom. The number of piperazine rings is 1. The highest BCUT2D eigenvalue weighted by molar-refractivity contribution is 7.98. The molecule has 162 valence electrons. The zero-order chi connectivity index (χ0) is 21.9. The number of thioether (sulfide) groups is 1. The van der Waals surface area contributed by atoms with Crippen LogP contribution in [0.15, 0.2) is 52.3 Å². The molecule has 1 aliphatic rings. The number of amides is 1. The first-order valence-electron chi connectivity index (χ1n) is 9.36. The number of nitrogens with one attached hydrogen (secondary N) is 1. The molecule has 3 rings (SSSR count). The molecule has 2 aromatic carbocycles. The lowest BCUT2D eigenvalue weighted by Crippen LogP contribution is -2.54. The van der Waals surface area contributed by atoms with E-state index < -0.39 is 32.6 Å². The number of anilines is 1. The number of halogens is 2. The Labute approximate surface area is 179 Å². The Bertz CT molecular complexity index is 1030. The van der Waals surface area contributed by atoms with Crippen LogP contribution < -0.4 is 5.32 Å². The van der Waals surface area contributed by atoms with Crippen LogP contribution in [0.2, 0.25) is 0 Å². The standard InChI is InChI=1S/C20H23F2N3O3S2/c1-14(20(26)23-16-4-3-5-17(13-16)29-2)24-8-10-25(11-9-24)30(27,28)19-12-15(21)6-7-18(19)22/h3-7,12-14H,8-11H2,1-2H3,(H,23,26). The summed E-state index contributed by atoms with van der Waals surface area (Å²) in [5.74, 6) is -2.00. The molecule has 1 N–H and O–H groups in total. The minimum atomic E-state index is -4.15. The third-order valence-corrected chi connectivity index (χ3v) is 7.69. The van der Waals surface area contributed by atoms with Crippen LogP contribution in [-0.2, 0) is 14.8 Å². The molecule has 0 spiro atoms. The van der Waals surface area contributed by atoms with E-state index in [-0.39, 0.29) is 19.0 Å². The van der Waals surface area contributed by atoms with Crippen LogP contribution in [0.4, 0.5) is 14.5 Å². The van der Waals surface area contributed by atoms with Crippen LogP contribution in [0.5, 0.6) is 0 Å². The van der Waals surface area contributed by atoms with Crippen LogP contribution in [0, 0.1) is 11.6 Å². The summed E-state index contributed by atoms with van der Waals surface area (Å²) in [6, 6.07) is 9.40. The minimum Gasteiger partial charge on any atom is -0.325 e. The number of nitrogens with zero attached hydrogens (tertiary/aromatic N) is 2. The van der Waals surface area contributed by atoms with Gasteiger partial charge in [0.1, 0.15) is 16.5 Å². The highest BCUT2D eigenvalue weighted by atomic mass is 32.2. The predicted molar refractivity (Wildman–Crippen MR) is 113 cm³/mol. The van der Waals surface area contributed by atoms with E-state index in [0.29, 0.717) is 24.8 Å². The fourth-order valence-corrected chi connectivity index (χ4v) is 5.22. The summed E-state index contributed by atoms with van der Waals surface area (Å²) >= 11 is 1.57. The second-order valence-electron chi connectivity index (χ2n) is 6.91. The molecular weight excluding hydrogens is 432 g/mol. The van der Waals surface area contributed by atoms with Gasteiger partial charge in [-0.15, -0.1) is 11.8 Å². The maximum absolute atomic E-state index is 14.0. The van der Waals surface area contributed by atoms with Gasteiger partial charge in [0.15, 0.2) is 0 Å². The SMILES string of the molecule is CSc1cccc(NC(=O)C(C)N2CCN(S(=O)(=O)c3cc(F)ccc3F)CC2)c1. The summed E-state index contributed by atoms with van der Waals surface area (Å²) in [7, 11) is -4.15. The lowest BCUT2D eigenvalue weighted by atomic mass is 10.2. The Balaban J connectivity index is 1.63. The molecule has 0 saturated carbocycles. The van der Waals surface area contributed by atoms with Gasteiger partial charge in [-0.25, -0.2) is 17.2 Å². The third-order valence-electron chi connectivity index (χ3n) is 5.05. The van der Waals surface area contributed by atoms with Gasteiger partial charge in [0.05, 0.1) is 6.04 Å². The molecule has 2 aromatic rings. The van der Waals surface area contributed by atoms with E-state index in [2.05, 4.69) is 5.32 Å². The van der Waals surface area contributed by atoms with Crippen LogP contribution in [0.1, 0.15) is 6.92 Å². The van der Waals surface area contributed by atoms with Crippen molar-refractivity contribution >= 4 is 33.4 Å². The van der Waals surface area contributed by atoms with E-state index in [1.807, 2.05) is 35.4 Å². The Kier molecular flexibility index (Phi) is 7.12. The molecule has 0 aromatic heterocycles. The van der Waals surface area contributed by atoms with Crippen molar-refractivity contribution in [3.05, 3.63) is 54.1 Å². The van der Waals surface area contributed by atoms with Crippen LogP contribution in [0.3, 0.4) is 0 Å². The van der Waals surface area contributed by atoms with Gasteiger partial charge in [0.25, 0.3) is 0 Å². The van der Waals surface area contributed by atoms with Gasteiger partial charge in [0.2, 0.25) is 15.9 Å².